The summed E-state index contributed by atoms with van der Waals surface area (Å²) in [5.74, 6) is 0.0686. The van der Waals surface area contributed by atoms with Gasteiger partial charge in [0.25, 0.3) is 0 Å². The van der Waals surface area contributed by atoms with E-state index in [9.17, 15) is 9.18 Å². The topological polar surface area (TPSA) is 29.5 Å². The van der Waals surface area contributed by atoms with Crippen LogP contribution < -0.4 is 9.64 Å². The summed E-state index contributed by atoms with van der Waals surface area (Å²) in [6, 6.07) is 15.5. The van der Waals surface area contributed by atoms with Crippen LogP contribution in [0.15, 0.2) is 67.3 Å². The average Bonchev–Trinajstić information content (AvgIpc) is 2.54. The van der Waals surface area contributed by atoms with Gasteiger partial charge in [0, 0.05) is 6.54 Å². The largest absolute Gasteiger partial charge is 0.493 e. The minimum absolute atomic E-state index is 0.164. The Hall–Kier alpha value is -2.62. The van der Waals surface area contributed by atoms with Crippen molar-refractivity contribution in [2.75, 3.05) is 18.1 Å². The first-order valence-corrected chi connectivity index (χ1v) is 7.06. The average molecular weight is 299 g/mol. The highest BCUT2D eigenvalue weighted by molar-refractivity contribution is 5.93. The molecule has 0 atom stereocenters. The normalized spacial score (nSPS) is 10.0. The number of hydrogen-bond donors (Lipinski definition) is 0. The van der Waals surface area contributed by atoms with E-state index in [2.05, 4.69) is 6.58 Å². The summed E-state index contributed by atoms with van der Waals surface area (Å²) in [7, 11) is 0. The van der Waals surface area contributed by atoms with Crippen LogP contribution in [-0.2, 0) is 4.79 Å². The number of amides is 1. The second-order valence-corrected chi connectivity index (χ2v) is 4.66. The zero-order chi connectivity index (χ0) is 15.8. The van der Waals surface area contributed by atoms with Gasteiger partial charge >= 0.3 is 0 Å². The molecule has 0 saturated heterocycles. The van der Waals surface area contributed by atoms with Crippen LogP contribution in [0.2, 0.25) is 0 Å². The fourth-order valence-corrected chi connectivity index (χ4v) is 2.04. The van der Waals surface area contributed by atoms with Crippen LogP contribution in [0.25, 0.3) is 0 Å². The van der Waals surface area contributed by atoms with Gasteiger partial charge in [0.05, 0.1) is 18.7 Å². The Morgan fingerprint density at radius 1 is 1.14 bits per heavy atom. The maximum Gasteiger partial charge on any atom is 0.230 e. The molecule has 4 heteroatoms. The van der Waals surface area contributed by atoms with E-state index in [4.69, 9.17) is 4.74 Å². The molecule has 2 aromatic carbocycles. The van der Waals surface area contributed by atoms with E-state index < -0.39 is 5.82 Å². The first-order valence-electron chi connectivity index (χ1n) is 7.06. The molecule has 0 aliphatic carbocycles. The van der Waals surface area contributed by atoms with Crippen molar-refractivity contribution in [1.29, 1.82) is 0 Å². The minimum Gasteiger partial charge on any atom is -0.493 e. The van der Waals surface area contributed by atoms with Crippen LogP contribution in [-0.4, -0.2) is 19.1 Å². The van der Waals surface area contributed by atoms with Crippen LogP contribution in [0, 0.1) is 5.82 Å². The molecule has 2 rings (SSSR count). The zero-order valence-electron chi connectivity index (χ0n) is 12.2. The number of nitrogens with zero attached hydrogens (tertiary/aromatic N) is 1. The molecule has 1 amide bonds. The van der Waals surface area contributed by atoms with Crippen molar-refractivity contribution in [1.82, 2.24) is 0 Å². The number of ether oxygens (including phenoxy) is 1. The summed E-state index contributed by atoms with van der Waals surface area (Å²) >= 11 is 0. The van der Waals surface area contributed by atoms with Crippen LogP contribution in [0.3, 0.4) is 0 Å². The fraction of sp³-hybridized carbons (Fsp3) is 0.167. The van der Waals surface area contributed by atoms with Crippen molar-refractivity contribution in [2.24, 2.45) is 0 Å². The van der Waals surface area contributed by atoms with Crippen molar-refractivity contribution in [2.45, 2.75) is 6.42 Å². The van der Waals surface area contributed by atoms with Crippen molar-refractivity contribution < 1.29 is 13.9 Å². The molecule has 0 radical (unpaired) electrons. The molecule has 3 nitrogen and oxygen atoms in total. The van der Waals surface area contributed by atoms with E-state index in [0.29, 0.717) is 5.75 Å². The Morgan fingerprint density at radius 2 is 1.82 bits per heavy atom. The number of halogens is 1. The molecule has 0 aliphatic rings. The summed E-state index contributed by atoms with van der Waals surface area (Å²) < 4.78 is 19.4. The summed E-state index contributed by atoms with van der Waals surface area (Å²) in [4.78, 5) is 13.7. The smallest absolute Gasteiger partial charge is 0.230 e. The number of anilines is 1. The molecule has 0 heterocycles. The molecule has 22 heavy (non-hydrogen) atoms. The molecule has 0 aliphatic heterocycles. The molecule has 2 aromatic rings. The van der Waals surface area contributed by atoms with Crippen molar-refractivity contribution in [3.05, 3.63) is 73.1 Å². The van der Waals surface area contributed by atoms with Crippen LogP contribution in [0.1, 0.15) is 6.42 Å². The maximum absolute atomic E-state index is 13.9. The van der Waals surface area contributed by atoms with E-state index in [1.165, 1.54) is 11.0 Å². The lowest BCUT2D eigenvalue weighted by Crippen LogP contribution is -2.32. The van der Waals surface area contributed by atoms with E-state index in [-0.39, 0.29) is 31.2 Å². The zero-order valence-corrected chi connectivity index (χ0v) is 12.2. The van der Waals surface area contributed by atoms with Gasteiger partial charge in [-0.15, -0.1) is 6.58 Å². The van der Waals surface area contributed by atoms with Crippen molar-refractivity contribution in [3.63, 3.8) is 0 Å². The monoisotopic (exact) mass is 299 g/mol. The molecule has 0 aromatic heterocycles. The first kappa shape index (κ1) is 15.8. The number of carbonyl (C=O) groups excluding carboxylic acids is 1. The van der Waals surface area contributed by atoms with Crippen LogP contribution in [0.4, 0.5) is 10.1 Å². The van der Waals surface area contributed by atoms with Gasteiger partial charge in [-0.25, -0.2) is 4.39 Å². The predicted molar refractivity (Wildman–Crippen MR) is 85.5 cm³/mol. The SMILES string of the molecule is C=CCN(C(=O)CCOc1ccccc1)c1ccccc1F. The van der Waals surface area contributed by atoms with Crippen molar-refractivity contribution in [3.8, 4) is 5.75 Å². The Labute approximate surface area is 129 Å². The van der Waals surface area contributed by atoms with Gasteiger partial charge in [-0.3, -0.25) is 4.79 Å². The lowest BCUT2D eigenvalue weighted by Gasteiger charge is -2.21. The minimum atomic E-state index is -0.429. The highest BCUT2D eigenvalue weighted by Gasteiger charge is 2.17. The van der Waals surface area contributed by atoms with Gasteiger partial charge in [0.2, 0.25) is 5.91 Å². The molecule has 114 valence electrons. The summed E-state index contributed by atoms with van der Waals surface area (Å²) in [5.41, 5.74) is 0.257. The van der Waals surface area contributed by atoms with E-state index in [1.54, 1.807) is 24.3 Å². The second kappa shape index (κ2) is 7.98. The highest BCUT2D eigenvalue weighted by atomic mass is 19.1. The molecule has 0 spiro atoms. The molecule has 0 N–H and O–H groups in total. The van der Waals surface area contributed by atoms with Crippen molar-refractivity contribution >= 4 is 11.6 Å². The lowest BCUT2D eigenvalue weighted by atomic mass is 10.2. The van der Waals surface area contributed by atoms with Crippen LogP contribution >= 0.6 is 0 Å². The van der Waals surface area contributed by atoms with Crippen LogP contribution in [0.5, 0.6) is 5.75 Å². The number of para-hydroxylation sites is 2. The summed E-state index contributed by atoms with van der Waals surface area (Å²) in [6.45, 7) is 4.11. The quantitative estimate of drug-likeness (QED) is 0.728. The predicted octanol–water partition coefficient (Wildman–Crippen LogP) is 3.81. The molecule has 0 saturated carbocycles. The second-order valence-electron chi connectivity index (χ2n) is 4.66. The molecular formula is C18H18FNO2. The molecule has 0 unspecified atom stereocenters. The third-order valence-corrected chi connectivity index (χ3v) is 3.08. The number of benzene rings is 2. The third kappa shape index (κ3) is 4.19. The molecule has 0 bridgehead atoms. The lowest BCUT2D eigenvalue weighted by molar-refractivity contribution is -0.119. The number of hydrogen-bond acceptors (Lipinski definition) is 2. The number of carbonyl (C=O) groups is 1. The Bertz CT molecular complexity index is 628. The maximum atomic E-state index is 13.9. The summed E-state index contributed by atoms with van der Waals surface area (Å²) in [5, 5.41) is 0. The molecule has 0 fully saturated rings. The third-order valence-electron chi connectivity index (χ3n) is 3.08. The standard InChI is InChI=1S/C18H18FNO2/c1-2-13-20(17-11-7-6-10-16(17)19)18(21)12-14-22-15-8-4-3-5-9-15/h2-11H,1,12-14H2. The van der Waals surface area contributed by atoms with Gasteiger partial charge in [0.1, 0.15) is 11.6 Å². The molecular weight excluding hydrogens is 281 g/mol. The Kier molecular flexibility index (Phi) is 5.72. The fourth-order valence-electron chi connectivity index (χ4n) is 2.04. The van der Waals surface area contributed by atoms with Gasteiger partial charge in [0.15, 0.2) is 0 Å². The van der Waals surface area contributed by atoms with Gasteiger partial charge in [-0.2, -0.15) is 0 Å². The van der Waals surface area contributed by atoms with E-state index >= 15 is 0 Å². The van der Waals surface area contributed by atoms with E-state index in [0.717, 1.165) is 0 Å². The highest BCUT2D eigenvalue weighted by Crippen LogP contribution is 2.19. The Balaban J connectivity index is 1.98. The first-order chi connectivity index (χ1) is 10.7. The number of rotatable bonds is 7. The van der Waals surface area contributed by atoms with Gasteiger partial charge in [-0.1, -0.05) is 36.4 Å². The Morgan fingerprint density at radius 3 is 2.50 bits per heavy atom. The van der Waals surface area contributed by atoms with Gasteiger partial charge in [-0.05, 0) is 24.3 Å². The van der Waals surface area contributed by atoms with Gasteiger partial charge < -0.3 is 9.64 Å². The summed E-state index contributed by atoms with van der Waals surface area (Å²) in [6.07, 6.45) is 1.74. The van der Waals surface area contributed by atoms with E-state index in [1.807, 2.05) is 30.3 Å².